The second-order valence-corrected chi connectivity index (χ2v) is 11.8. The van der Waals surface area contributed by atoms with E-state index < -0.39 is 6.23 Å². The van der Waals surface area contributed by atoms with E-state index >= 15 is 0 Å². The molecule has 41 heavy (non-hydrogen) atoms. The van der Waals surface area contributed by atoms with Crippen LogP contribution in [0.15, 0.2) is 99.1 Å². The summed E-state index contributed by atoms with van der Waals surface area (Å²) < 4.78 is 9.88. The van der Waals surface area contributed by atoms with E-state index in [1.54, 1.807) is 0 Å². The van der Waals surface area contributed by atoms with Crippen molar-refractivity contribution in [3.8, 4) is 5.69 Å². The van der Waals surface area contributed by atoms with Gasteiger partial charge in [-0.2, -0.15) is 0 Å². The van der Waals surface area contributed by atoms with Crippen LogP contribution in [0.1, 0.15) is 75.5 Å². The monoisotopic (exact) mass is 654 g/mol. The third kappa shape index (κ3) is 6.66. The lowest BCUT2D eigenvalue weighted by Crippen LogP contribution is -2.32. The number of aromatic nitrogens is 2. The molecule has 5 rings (SSSR count). The number of nitrogens with one attached hydrogen (secondary N) is 1. The summed E-state index contributed by atoms with van der Waals surface area (Å²) in [6.07, 6.45) is 11.5. The molecule has 1 aliphatic heterocycles. The number of hydrogen-bond acceptors (Lipinski definition) is 4. The molecule has 1 aliphatic carbocycles. The van der Waals surface area contributed by atoms with Gasteiger partial charge in [-0.1, -0.05) is 96.9 Å². The molecule has 0 spiro atoms. The van der Waals surface area contributed by atoms with Crippen LogP contribution in [0, 0.1) is 0 Å². The minimum absolute atomic E-state index is 0.182. The first-order valence-corrected chi connectivity index (χ1v) is 15.8. The molecule has 0 amide bonds. The molecule has 2 atom stereocenters. The molecule has 0 saturated carbocycles. The average Bonchev–Trinajstić information content (AvgIpc) is 3.58. The van der Waals surface area contributed by atoms with Crippen molar-refractivity contribution >= 4 is 45.0 Å². The molecule has 0 bridgehead atoms. The van der Waals surface area contributed by atoms with Gasteiger partial charge in [0.1, 0.15) is 11.5 Å². The molecule has 2 unspecified atom stereocenters. The highest BCUT2D eigenvalue weighted by Crippen LogP contribution is 2.38. The zero-order valence-electron chi connectivity index (χ0n) is 24.2. The smallest absolute Gasteiger partial charge is 0.231 e. The van der Waals surface area contributed by atoms with Crippen molar-refractivity contribution in [2.45, 2.75) is 64.5 Å². The minimum Gasteiger partial charge on any atom is -0.448 e. The van der Waals surface area contributed by atoms with E-state index in [1.807, 2.05) is 18.2 Å². The molecule has 0 fully saturated rings. The molecule has 0 saturated heterocycles. The van der Waals surface area contributed by atoms with E-state index in [2.05, 4.69) is 126 Å². The summed E-state index contributed by atoms with van der Waals surface area (Å²) in [6.45, 7) is 8.73. The van der Waals surface area contributed by atoms with Crippen LogP contribution in [0.2, 0.25) is 0 Å². The van der Waals surface area contributed by atoms with Crippen LogP contribution in [0.3, 0.4) is 0 Å². The second-order valence-electron chi connectivity index (χ2n) is 10.4. The van der Waals surface area contributed by atoms with Crippen molar-refractivity contribution in [2.75, 3.05) is 6.38 Å². The zero-order chi connectivity index (χ0) is 29.6. The van der Waals surface area contributed by atoms with Gasteiger partial charge in [0.2, 0.25) is 12.1 Å². The van der Waals surface area contributed by atoms with Crippen molar-refractivity contribution in [2.24, 2.45) is 5.10 Å². The van der Waals surface area contributed by atoms with Gasteiger partial charge in [0.05, 0.1) is 11.1 Å². The number of halogens is 3. The normalized spacial score (nSPS) is 17.8. The largest absolute Gasteiger partial charge is 0.448 e. The predicted molar refractivity (Wildman–Crippen MR) is 175 cm³/mol. The summed E-state index contributed by atoms with van der Waals surface area (Å²) in [7, 11) is 0. The molecule has 2 aromatic carbocycles. The SMILES string of the molecule is CCC(C)(C1=NNC(c2nc(CC3=CCC=CC=C3Cl)n(-c3ccc(Br)cc3)c2C(C)C)O1)c1ccccc1.CCl. The molecule has 8 heteroatoms. The van der Waals surface area contributed by atoms with Crippen LogP contribution in [0.4, 0.5) is 0 Å². The maximum Gasteiger partial charge on any atom is 0.231 e. The Labute approximate surface area is 262 Å². The van der Waals surface area contributed by atoms with Gasteiger partial charge in [0, 0.05) is 28.0 Å². The number of hydrogen-bond donors (Lipinski definition) is 1. The Morgan fingerprint density at radius 2 is 1.83 bits per heavy atom. The third-order valence-corrected chi connectivity index (χ3v) is 8.43. The lowest BCUT2D eigenvalue weighted by Gasteiger charge is -2.28. The fraction of sp³-hybridized carbons (Fsp3) is 0.333. The summed E-state index contributed by atoms with van der Waals surface area (Å²) in [4.78, 5) is 5.23. The van der Waals surface area contributed by atoms with Crippen molar-refractivity contribution < 1.29 is 4.74 Å². The molecule has 216 valence electrons. The van der Waals surface area contributed by atoms with Gasteiger partial charge >= 0.3 is 0 Å². The molecule has 1 aromatic heterocycles. The zero-order valence-corrected chi connectivity index (χ0v) is 27.3. The summed E-state index contributed by atoms with van der Waals surface area (Å²) >= 11 is 14.9. The molecule has 3 aromatic rings. The van der Waals surface area contributed by atoms with E-state index in [0.717, 1.165) is 50.8 Å². The highest BCUT2D eigenvalue weighted by molar-refractivity contribution is 9.10. The summed E-state index contributed by atoms with van der Waals surface area (Å²) in [5, 5.41) is 5.46. The van der Waals surface area contributed by atoms with E-state index in [0.29, 0.717) is 12.3 Å². The number of imidazole rings is 1. The van der Waals surface area contributed by atoms with Gasteiger partial charge in [-0.3, -0.25) is 9.99 Å². The van der Waals surface area contributed by atoms with Crippen LogP contribution in [0.25, 0.3) is 5.69 Å². The van der Waals surface area contributed by atoms with Crippen LogP contribution < -0.4 is 5.43 Å². The number of ether oxygens (including phenoxy) is 1. The molecule has 0 radical (unpaired) electrons. The number of allylic oxidation sites excluding steroid dienone is 6. The highest BCUT2D eigenvalue weighted by Gasteiger charge is 2.40. The van der Waals surface area contributed by atoms with Gasteiger partial charge in [-0.05, 0) is 67.2 Å². The maximum atomic E-state index is 6.68. The molecule has 1 N–H and O–H groups in total. The Morgan fingerprint density at radius 1 is 1.12 bits per heavy atom. The first-order valence-electron chi connectivity index (χ1n) is 13.8. The van der Waals surface area contributed by atoms with Crippen molar-refractivity contribution in [3.63, 3.8) is 0 Å². The Kier molecular flexibility index (Phi) is 10.6. The Hall–Kier alpha value is -2.80. The predicted octanol–water partition coefficient (Wildman–Crippen LogP) is 9.46. The number of hydrazone groups is 1. The van der Waals surface area contributed by atoms with Crippen LogP contribution in [-0.4, -0.2) is 21.8 Å². The fourth-order valence-electron chi connectivity index (χ4n) is 5.15. The topological polar surface area (TPSA) is 51.4 Å². The molecular formula is C33H37BrCl2N4O. The highest BCUT2D eigenvalue weighted by atomic mass is 79.9. The quantitative estimate of drug-likeness (QED) is 0.246. The van der Waals surface area contributed by atoms with Crippen molar-refractivity contribution in [1.29, 1.82) is 0 Å². The summed E-state index contributed by atoms with van der Waals surface area (Å²) in [5.74, 6) is 1.77. The standard InChI is InChI=1S/C32H34BrClN4O.CH3Cl/c1-5-32(4,23-13-9-7-10-14-23)31-37-36-30(39-31)28-29(21(2)3)38(25-18-16-24(33)17-19-25)27(35-28)20-22-12-8-6-11-15-26(22)34;1-2/h6-7,9-19,21,30,36H,5,8,20H2,1-4H3;1H3. The Morgan fingerprint density at radius 3 is 2.49 bits per heavy atom. The van der Waals surface area contributed by atoms with Gasteiger partial charge in [0.25, 0.3) is 0 Å². The minimum atomic E-state index is -0.488. The van der Waals surface area contributed by atoms with Gasteiger partial charge < -0.3 is 4.74 Å². The van der Waals surface area contributed by atoms with E-state index in [1.165, 1.54) is 11.9 Å². The lowest BCUT2D eigenvalue weighted by molar-refractivity contribution is 0.170. The number of rotatable bonds is 8. The first-order chi connectivity index (χ1) is 19.8. The van der Waals surface area contributed by atoms with E-state index in [-0.39, 0.29) is 11.3 Å². The van der Waals surface area contributed by atoms with Crippen LogP contribution >= 0.6 is 39.1 Å². The van der Waals surface area contributed by atoms with Crippen molar-refractivity contribution in [3.05, 3.63) is 117 Å². The van der Waals surface area contributed by atoms with Crippen molar-refractivity contribution in [1.82, 2.24) is 15.0 Å². The number of alkyl halides is 1. The first kappa shape index (κ1) is 31.1. The average molecular weight is 656 g/mol. The fourth-order valence-corrected chi connectivity index (χ4v) is 5.63. The molecule has 5 nitrogen and oxygen atoms in total. The Balaban J connectivity index is 0.00000189. The van der Waals surface area contributed by atoms with E-state index in [9.17, 15) is 0 Å². The van der Waals surface area contributed by atoms with Gasteiger partial charge in [0.15, 0.2) is 0 Å². The van der Waals surface area contributed by atoms with Gasteiger partial charge in [-0.15, -0.1) is 16.7 Å². The summed E-state index contributed by atoms with van der Waals surface area (Å²) in [6, 6.07) is 18.8. The number of nitrogens with zero attached hydrogens (tertiary/aromatic N) is 3. The van der Waals surface area contributed by atoms with Gasteiger partial charge in [-0.25, -0.2) is 4.98 Å². The third-order valence-electron chi connectivity index (χ3n) is 7.53. The Bertz CT molecular complexity index is 1460. The second kappa shape index (κ2) is 13.9. The molecule has 2 aliphatic rings. The molecule has 2 heterocycles. The van der Waals surface area contributed by atoms with Crippen LogP contribution in [-0.2, 0) is 16.6 Å². The number of benzene rings is 2. The molecular weight excluding hydrogens is 619 g/mol. The summed E-state index contributed by atoms with van der Waals surface area (Å²) in [5.41, 5.74) is 8.14. The maximum absolute atomic E-state index is 6.68. The lowest BCUT2D eigenvalue weighted by atomic mass is 9.80. The van der Waals surface area contributed by atoms with Crippen LogP contribution in [0.5, 0.6) is 0 Å². The van der Waals surface area contributed by atoms with E-state index in [4.69, 9.17) is 26.4 Å².